The molecule has 3 aromatic carbocycles. The van der Waals surface area contributed by atoms with Crippen molar-refractivity contribution in [2.75, 3.05) is 0 Å². The van der Waals surface area contributed by atoms with Gasteiger partial charge in [-0.15, -0.1) is 0 Å². The maximum atomic E-state index is 13.4. The molecule has 2 heterocycles. The summed E-state index contributed by atoms with van der Waals surface area (Å²) < 4.78 is 0. The van der Waals surface area contributed by atoms with E-state index >= 15 is 0 Å². The van der Waals surface area contributed by atoms with Crippen molar-refractivity contribution >= 4 is 17.5 Å². The molecule has 5 heteroatoms. The lowest BCUT2D eigenvalue weighted by Gasteiger charge is -2.27. The van der Waals surface area contributed by atoms with Crippen LogP contribution in [0, 0.1) is 6.92 Å². The van der Waals surface area contributed by atoms with Crippen LogP contribution in [-0.2, 0) is 6.54 Å². The molecule has 1 aromatic heterocycles. The Bertz CT molecular complexity index is 1210. The van der Waals surface area contributed by atoms with E-state index in [9.17, 15) is 4.79 Å². The second kappa shape index (κ2) is 7.47. The molecule has 0 radical (unpaired) electrons. The summed E-state index contributed by atoms with van der Waals surface area (Å²) >= 11 is 6.60. The normalized spacial score (nSPS) is 15.5. The topological polar surface area (TPSA) is 49.0 Å². The fourth-order valence-corrected chi connectivity index (χ4v) is 4.33. The number of hydrogen-bond acceptors (Lipinski definition) is 2. The molecule has 0 saturated carbocycles. The highest BCUT2D eigenvalue weighted by Crippen LogP contribution is 2.45. The molecule has 1 amide bonds. The van der Waals surface area contributed by atoms with E-state index in [1.54, 1.807) is 0 Å². The molecule has 30 heavy (non-hydrogen) atoms. The number of benzene rings is 3. The van der Waals surface area contributed by atoms with Crippen LogP contribution in [0.2, 0.25) is 5.02 Å². The first-order valence-corrected chi connectivity index (χ1v) is 10.3. The van der Waals surface area contributed by atoms with Gasteiger partial charge in [0.05, 0.1) is 11.7 Å². The lowest BCUT2D eigenvalue weighted by Crippen LogP contribution is -2.29. The Morgan fingerprint density at radius 2 is 1.67 bits per heavy atom. The van der Waals surface area contributed by atoms with Gasteiger partial charge in [-0.3, -0.25) is 9.89 Å². The van der Waals surface area contributed by atoms with Gasteiger partial charge in [0.25, 0.3) is 5.91 Å². The minimum Gasteiger partial charge on any atom is -0.322 e. The fraction of sp³-hybridized carbons (Fsp3) is 0.120. The van der Waals surface area contributed by atoms with Gasteiger partial charge in [-0.05, 0) is 24.1 Å². The zero-order valence-corrected chi connectivity index (χ0v) is 17.2. The summed E-state index contributed by atoms with van der Waals surface area (Å²) in [5, 5.41) is 8.16. The van der Waals surface area contributed by atoms with Crippen LogP contribution < -0.4 is 0 Å². The number of nitrogens with one attached hydrogen (secondary N) is 1. The van der Waals surface area contributed by atoms with Gasteiger partial charge in [0.2, 0.25) is 0 Å². The standard InChI is InChI=1S/C25H20ClN3O/c1-16-11-13-18(14-12-16)22-21-23(28-27-22)25(30)29(15-17-7-3-2-4-8-17)24(21)19-9-5-6-10-20(19)26/h2-14,24H,15H2,1H3,(H,27,28). The van der Waals surface area contributed by atoms with Crippen LogP contribution in [0.25, 0.3) is 11.3 Å². The molecule has 4 nitrogen and oxygen atoms in total. The van der Waals surface area contributed by atoms with Crippen LogP contribution in [0.5, 0.6) is 0 Å². The Balaban J connectivity index is 1.67. The molecule has 0 fully saturated rings. The number of nitrogens with zero attached hydrogens (tertiary/aromatic N) is 2. The van der Waals surface area contributed by atoms with Gasteiger partial charge in [-0.2, -0.15) is 5.10 Å². The molecule has 0 spiro atoms. The summed E-state index contributed by atoms with van der Waals surface area (Å²) in [6.07, 6.45) is 0. The first-order valence-electron chi connectivity index (χ1n) is 9.88. The van der Waals surface area contributed by atoms with Gasteiger partial charge in [-0.1, -0.05) is 90.0 Å². The Labute approximate surface area is 180 Å². The number of aryl methyl sites for hydroxylation is 1. The SMILES string of the molecule is Cc1ccc(-c2n[nH]c3c2C(c2ccccc2Cl)N(Cc2ccccc2)C3=O)cc1. The van der Waals surface area contributed by atoms with E-state index in [-0.39, 0.29) is 11.9 Å². The van der Waals surface area contributed by atoms with Gasteiger partial charge < -0.3 is 4.90 Å². The average molecular weight is 414 g/mol. The maximum absolute atomic E-state index is 13.4. The van der Waals surface area contributed by atoms with Crippen molar-refractivity contribution in [1.29, 1.82) is 0 Å². The van der Waals surface area contributed by atoms with Crippen LogP contribution in [0.4, 0.5) is 0 Å². The molecule has 148 valence electrons. The summed E-state index contributed by atoms with van der Waals surface area (Å²) in [5.41, 5.74) is 6.33. The second-order valence-corrected chi connectivity index (χ2v) is 7.98. The van der Waals surface area contributed by atoms with Crippen molar-refractivity contribution in [3.63, 3.8) is 0 Å². The number of hydrogen-bond donors (Lipinski definition) is 1. The molecule has 5 rings (SSSR count). The summed E-state index contributed by atoms with van der Waals surface area (Å²) in [4.78, 5) is 15.3. The van der Waals surface area contributed by atoms with Gasteiger partial charge in [0.15, 0.2) is 0 Å². The predicted octanol–water partition coefficient (Wildman–Crippen LogP) is 5.78. The molecule has 1 unspecified atom stereocenters. The van der Waals surface area contributed by atoms with Gasteiger partial charge in [-0.25, -0.2) is 0 Å². The second-order valence-electron chi connectivity index (χ2n) is 7.57. The molecular formula is C25H20ClN3O. The Hall–Kier alpha value is -3.37. The largest absolute Gasteiger partial charge is 0.322 e. The van der Waals surface area contributed by atoms with Crippen LogP contribution >= 0.6 is 11.6 Å². The third-order valence-electron chi connectivity index (χ3n) is 5.58. The van der Waals surface area contributed by atoms with E-state index in [2.05, 4.69) is 29.3 Å². The van der Waals surface area contributed by atoms with Crippen molar-refractivity contribution in [1.82, 2.24) is 15.1 Å². The highest BCUT2D eigenvalue weighted by molar-refractivity contribution is 6.31. The molecular weight excluding hydrogens is 394 g/mol. The zero-order chi connectivity index (χ0) is 20.7. The van der Waals surface area contributed by atoms with Crippen LogP contribution in [0.15, 0.2) is 78.9 Å². The summed E-state index contributed by atoms with van der Waals surface area (Å²) in [7, 11) is 0. The Morgan fingerprint density at radius 1 is 0.967 bits per heavy atom. The number of fused-ring (bicyclic) bond motifs is 1. The molecule has 0 bridgehead atoms. The van der Waals surface area contributed by atoms with E-state index in [1.165, 1.54) is 5.56 Å². The van der Waals surface area contributed by atoms with Crippen LogP contribution in [0.3, 0.4) is 0 Å². The van der Waals surface area contributed by atoms with Gasteiger partial charge >= 0.3 is 0 Å². The van der Waals surface area contributed by atoms with Crippen molar-refractivity contribution in [3.05, 3.63) is 112 Å². The average Bonchev–Trinajstić information content (AvgIpc) is 3.30. The van der Waals surface area contributed by atoms with Gasteiger partial charge in [0, 0.05) is 22.7 Å². The highest BCUT2D eigenvalue weighted by Gasteiger charge is 2.42. The lowest BCUT2D eigenvalue weighted by atomic mass is 9.95. The minimum atomic E-state index is -0.309. The number of halogens is 1. The number of aromatic amines is 1. The molecule has 1 atom stereocenters. The zero-order valence-electron chi connectivity index (χ0n) is 16.5. The number of carbonyl (C=O) groups excluding carboxylic acids is 1. The van der Waals surface area contributed by atoms with Gasteiger partial charge in [0.1, 0.15) is 5.69 Å². The Morgan fingerprint density at radius 3 is 2.40 bits per heavy atom. The highest BCUT2D eigenvalue weighted by atomic mass is 35.5. The van der Waals surface area contributed by atoms with E-state index in [0.29, 0.717) is 17.3 Å². The smallest absolute Gasteiger partial charge is 0.273 e. The third kappa shape index (κ3) is 3.10. The Kier molecular flexibility index (Phi) is 4.64. The molecule has 0 aliphatic carbocycles. The number of H-pyrrole nitrogens is 1. The quantitative estimate of drug-likeness (QED) is 0.460. The summed E-state index contributed by atoms with van der Waals surface area (Å²) in [6.45, 7) is 2.54. The van der Waals surface area contributed by atoms with E-state index in [0.717, 1.165) is 27.9 Å². The van der Waals surface area contributed by atoms with E-state index in [1.807, 2.05) is 71.6 Å². The molecule has 4 aromatic rings. The van der Waals surface area contributed by atoms with Crippen molar-refractivity contribution in [3.8, 4) is 11.3 Å². The number of amides is 1. The third-order valence-corrected chi connectivity index (χ3v) is 5.93. The van der Waals surface area contributed by atoms with E-state index < -0.39 is 0 Å². The van der Waals surface area contributed by atoms with Crippen molar-refractivity contribution in [2.24, 2.45) is 0 Å². The summed E-state index contributed by atoms with van der Waals surface area (Å²) in [5.74, 6) is -0.0652. The van der Waals surface area contributed by atoms with E-state index in [4.69, 9.17) is 11.6 Å². The molecule has 1 aliphatic heterocycles. The van der Waals surface area contributed by atoms with Crippen molar-refractivity contribution < 1.29 is 4.79 Å². The molecule has 0 saturated heterocycles. The lowest BCUT2D eigenvalue weighted by molar-refractivity contribution is 0.0730. The monoisotopic (exact) mass is 413 g/mol. The predicted molar refractivity (Wildman–Crippen MR) is 118 cm³/mol. The van der Waals surface area contributed by atoms with Crippen LogP contribution in [-0.4, -0.2) is 21.0 Å². The number of carbonyl (C=O) groups is 1. The maximum Gasteiger partial charge on any atom is 0.273 e. The van der Waals surface area contributed by atoms with Crippen molar-refractivity contribution in [2.45, 2.75) is 19.5 Å². The first kappa shape index (κ1) is 18.6. The fourth-order valence-electron chi connectivity index (χ4n) is 4.09. The summed E-state index contributed by atoms with van der Waals surface area (Å²) in [6, 6.07) is 25.6. The first-order chi connectivity index (χ1) is 14.6. The van der Waals surface area contributed by atoms with Crippen LogP contribution in [0.1, 0.15) is 38.8 Å². The number of rotatable bonds is 4. The number of aromatic nitrogens is 2. The molecule has 1 N–H and O–H groups in total. The molecule has 1 aliphatic rings. The minimum absolute atomic E-state index is 0.0652.